The number of halogens is 4. The Balaban J connectivity index is 4.01. The second kappa shape index (κ2) is 5.55. The summed E-state index contributed by atoms with van der Waals surface area (Å²) in [5.41, 5.74) is 0. The predicted octanol–water partition coefficient (Wildman–Crippen LogP) is 1.66. The minimum absolute atomic E-state index is 0.338. The monoisotopic (exact) mass is 200 g/mol. The molecule has 13 heavy (non-hydrogen) atoms. The van der Waals surface area contributed by atoms with Crippen LogP contribution in [0.1, 0.15) is 0 Å². The molecule has 0 aromatic carbocycles. The first-order valence-electron chi connectivity index (χ1n) is 3.34. The van der Waals surface area contributed by atoms with Crippen LogP contribution in [-0.2, 0) is 9.53 Å². The van der Waals surface area contributed by atoms with E-state index in [4.69, 9.17) is 0 Å². The van der Waals surface area contributed by atoms with Crippen LogP contribution in [0.5, 0.6) is 0 Å². The molecule has 0 bridgehead atoms. The van der Waals surface area contributed by atoms with Crippen molar-refractivity contribution in [1.29, 1.82) is 0 Å². The molecule has 0 aliphatic carbocycles. The molecule has 0 heterocycles. The summed E-state index contributed by atoms with van der Waals surface area (Å²) in [4.78, 5) is 10.4. The van der Waals surface area contributed by atoms with Gasteiger partial charge in [0.1, 0.15) is 6.61 Å². The van der Waals surface area contributed by atoms with E-state index in [1.54, 1.807) is 0 Å². The van der Waals surface area contributed by atoms with Crippen LogP contribution in [-0.4, -0.2) is 31.3 Å². The lowest BCUT2D eigenvalue weighted by Crippen LogP contribution is -2.33. The molecular weight excluding hydrogens is 192 g/mol. The number of hydrogen-bond donors (Lipinski definition) is 0. The molecule has 0 N–H and O–H groups in total. The standard InChI is InChI=1S/C7H8F4O2/c1-2-3-13-7(12)5(9)4(8)6(10)11/h2,4-6H,1,3H2. The van der Waals surface area contributed by atoms with Crippen LogP contribution in [0.2, 0.25) is 0 Å². The molecule has 0 saturated carbocycles. The van der Waals surface area contributed by atoms with E-state index < -0.39 is 24.7 Å². The molecule has 0 fully saturated rings. The average molecular weight is 200 g/mol. The van der Waals surface area contributed by atoms with Gasteiger partial charge in [0, 0.05) is 0 Å². The lowest BCUT2D eigenvalue weighted by atomic mass is 10.2. The van der Waals surface area contributed by atoms with Gasteiger partial charge in [-0.15, -0.1) is 0 Å². The van der Waals surface area contributed by atoms with Gasteiger partial charge >= 0.3 is 5.97 Å². The van der Waals surface area contributed by atoms with Gasteiger partial charge in [-0.3, -0.25) is 0 Å². The second-order valence-electron chi connectivity index (χ2n) is 2.10. The van der Waals surface area contributed by atoms with Gasteiger partial charge in [0.2, 0.25) is 12.3 Å². The van der Waals surface area contributed by atoms with Gasteiger partial charge in [-0.05, 0) is 0 Å². The Morgan fingerprint density at radius 2 is 1.92 bits per heavy atom. The lowest BCUT2D eigenvalue weighted by molar-refractivity contribution is -0.154. The fourth-order valence-electron chi connectivity index (χ4n) is 0.478. The summed E-state index contributed by atoms with van der Waals surface area (Å²) < 4.78 is 51.6. The van der Waals surface area contributed by atoms with Crippen LogP contribution in [0.4, 0.5) is 17.6 Å². The smallest absolute Gasteiger partial charge is 0.344 e. The topological polar surface area (TPSA) is 26.3 Å². The van der Waals surface area contributed by atoms with Crippen molar-refractivity contribution in [2.75, 3.05) is 6.61 Å². The number of carbonyl (C=O) groups is 1. The van der Waals surface area contributed by atoms with Gasteiger partial charge in [-0.1, -0.05) is 12.7 Å². The van der Waals surface area contributed by atoms with Crippen LogP contribution in [0.25, 0.3) is 0 Å². The lowest BCUT2D eigenvalue weighted by Gasteiger charge is -2.10. The maximum atomic E-state index is 12.4. The van der Waals surface area contributed by atoms with Crippen molar-refractivity contribution < 1.29 is 27.1 Å². The first kappa shape index (κ1) is 11.9. The molecule has 6 heteroatoms. The number of alkyl halides is 4. The highest BCUT2D eigenvalue weighted by atomic mass is 19.3. The van der Waals surface area contributed by atoms with Crippen molar-refractivity contribution in [2.24, 2.45) is 0 Å². The van der Waals surface area contributed by atoms with E-state index in [0.29, 0.717) is 0 Å². The molecule has 2 nitrogen and oxygen atoms in total. The molecule has 0 saturated heterocycles. The van der Waals surface area contributed by atoms with Crippen LogP contribution in [0, 0.1) is 0 Å². The highest BCUT2D eigenvalue weighted by molar-refractivity contribution is 5.75. The molecule has 0 aromatic rings. The molecule has 0 aliphatic rings. The highest BCUT2D eigenvalue weighted by Crippen LogP contribution is 2.14. The first-order chi connectivity index (χ1) is 6.00. The Labute approximate surface area is 72.2 Å². The van der Waals surface area contributed by atoms with E-state index >= 15 is 0 Å². The first-order valence-corrected chi connectivity index (χ1v) is 3.34. The fraction of sp³-hybridized carbons (Fsp3) is 0.571. The molecule has 0 aliphatic heterocycles. The molecular formula is C7H8F4O2. The largest absolute Gasteiger partial charge is 0.459 e. The third-order valence-corrected chi connectivity index (χ3v) is 1.09. The second-order valence-corrected chi connectivity index (χ2v) is 2.10. The molecule has 0 spiro atoms. The van der Waals surface area contributed by atoms with Gasteiger partial charge in [-0.25, -0.2) is 22.4 Å². The van der Waals surface area contributed by atoms with Crippen LogP contribution in [0.3, 0.4) is 0 Å². The summed E-state index contributed by atoms with van der Waals surface area (Å²) >= 11 is 0. The molecule has 0 aromatic heterocycles. The highest BCUT2D eigenvalue weighted by Gasteiger charge is 2.36. The number of ether oxygens (including phenoxy) is 1. The van der Waals surface area contributed by atoms with Crippen molar-refractivity contribution in [3.8, 4) is 0 Å². The minimum Gasteiger partial charge on any atom is -0.459 e. The molecule has 0 rings (SSSR count). The maximum Gasteiger partial charge on any atom is 0.344 e. The molecule has 76 valence electrons. The molecule has 2 unspecified atom stereocenters. The molecule has 0 radical (unpaired) electrons. The number of rotatable bonds is 5. The Morgan fingerprint density at radius 1 is 1.38 bits per heavy atom. The SMILES string of the molecule is C=CCOC(=O)C(F)C(F)C(F)F. The quantitative estimate of drug-likeness (QED) is 0.383. The zero-order valence-electron chi connectivity index (χ0n) is 6.55. The number of hydrogen-bond acceptors (Lipinski definition) is 2. The van der Waals surface area contributed by atoms with Gasteiger partial charge in [0.05, 0.1) is 0 Å². The summed E-state index contributed by atoms with van der Waals surface area (Å²) in [6, 6.07) is 0. The normalized spacial score (nSPS) is 15.2. The van der Waals surface area contributed by atoms with E-state index in [9.17, 15) is 22.4 Å². The molecule has 2 atom stereocenters. The van der Waals surface area contributed by atoms with Gasteiger partial charge in [0.15, 0.2) is 0 Å². The zero-order valence-corrected chi connectivity index (χ0v) is 6.55. The fourth-order valence-corrected chi connectivity index (χ4v) is 0.478. The maximum absolute atomic E-state index is 12.4. The van der Waals surface area contributed by atoms with Gasteiger partial charge in [-0.2, -0.15) is 0 Å². The van der Waals surface area contributed by atoms with E-state index in [1.807, 2.05) is 0 Å². The van der Waals surface area contributed by atoms with E-state index in [2.05, 4.69) is 11.3 Å². The summed E-state index contributed by atoms with van der Waals surface area (Å²) in [7, 11) is 0. The summed E-state index contributed by atoms with van der Waals surface area (Å²) in [6.07, 6.45) is -8.51. The van der Waals surface area contributed by atoms with Crippen LogP contribution < -0.4 is 0 Å². The van der Waals surface area contributed by atoms with Crippen LogP contribution in [0.15, 0.2) is 12.7 Å². The van der Waals surface area contributed by atoms with Gasteiger partial charge < -0.3 is 4.74 Å². The Kier molecular flexibility index (Phi) is 5.10. The Bertz CT molecular complexity index is 183. The minimum atomic E-state index is -3.54. The van der Waals surface area contributed by atoms with Crippen molar-refractivity contribution in [2.45, 2.75) is 18.8 Å². The van der Waals surface area contributed by atoms with Crippen molar-refractivity contribution in [1.82, 2.24) is 0 Å². The Morgan fingerprint density at radius 3 is 2.31 bits per heavy atom. The summed E-state index contributed by atoms with van der Waals surface area (Å²) in [6.45, 7) is 2.79. The third kappa shape index (κ3) is 3.91. The average Bonchev–Trinajstić information content (AvgIpc) is 2.11. The van der Waals surface area contributed by atoms with Gasteiger partial charge in [0.25, 0.3) is 6.43 Å². The molecule has 0 amide bonds. The summed E-state index contributed by atoms with van der Waals surface area (Å²) in [5, 5.41) is 0. The van der Waals surface area contributed by atoms with Crippen molar-refractivity contribution in [3.05, 3.63) is 12.7 Å². The van der Waals surface area contributed by atoms with E-state index in [0.717, 1.165) is 6.08 Å². The third-order valence-electron chi connectivity index (χ3n) is 1.09. The Hall–Kier alpha value is -1.07. The summed E-state index contributed by atoms with van der Waals surface area (Å²) in [5.74, 6) is -1.65. The number of carbonyl (C=O) groups excluding carboxylic acids is 1. The van der Waals surface area contributed by atoms with Crippen LogP contribution >= 0.6 is 0 Å². The van der Waals surface area contributed by atoms with E-state index in [1.165, 1.54) is 0 Å². The van der Waals surface area contributed by atoms with E-state index in [-0.39, 0.29) is 6.61 Å². The number of esters is 1. The van der Waals surface area contributed by atoms with Crippen molar-refractivity contribution in [3.63, 3.8) is 0 Å². The zero-order chi connectivity index (χ0) is 10.4. The van der Waals surface area contributed by atoms with Crippen molar-refractivity contribution >= 4 is 5.97 Å². The predicted molar refractivity (Wildman–Crippen MR) is 37.0 cm³/mol.